The highest BCUT2D eigenvalue weighted by atomic mass is 35.5. The van der Waals surface area contributed by atoms with E-state index in [2.05, 4.69) is 9.98 Å². The zero-order chi connectivity index (χ0) is 18.4. The van der Waals surface area contributed by atoms with Crippen LogP contribution in [0.15, 0.2) is 52.0 Å². The van der Waals surface area contributed by atoms with Crippen molar-refractivity contribution in [1.29, 1.82) is 0 Å². The Labute approximate surface area is 161 Å². The van der Waals surface area contributed by atoms with Crippen molar-refractivity contribution in [2.75, 3.05) is 0 Å². The monoisotopic (exact) mass is 376 g/mol. The molecule has 2 heterocycles. The van der Waals surface area contributed by atoms with Gasteiger partial charge >= 0.3 is 0 Å². The van der Waals surface area contributed by atoms with Crippen molar-refractivity contribution in [2.24, 2.45) is 4.99 Å². The van der Waals surface area contributed by atoms with Crippen molar-refractivity contribution < 1.29 is 9.52 Å². The Morgan fingerprint density at radius 1 is 1.11 bits per heavy atom. The third kappa shape index (κ3) is 2.68. The fourth-order valence-electron chi connectivity index (χ4n) is 3.86. The SMILES string of the molecule is Oc1ccc2oc3c(c2c1C=Nc1ccc(Cl)c2cccnc12)CCCC3. The van der Waals surface area contributed by atoms with Gasteiger partial charge < -0.3 is 9.52 Å². The number of furan rings is 1. The molecule has 0 bridgehead atoms. The normalized spacial score (nSPS) is 14.3. The molecule has 1 aliphatic carbocycles. The highest BCUT2D eigenvalue weighted by molar-refractivity contribution is 6.35. The van der Waals surface area contributed by atoms with Gasteiger partial charge in [0.1, 0.15) is 17.1 Å². The number of halogens is 1. The van der Waals surface area contributed by atoms with Crippen LogP contribution in [0.25, 0.3) is 21.9 Å². The van der Waals surface area contributed by atoms with Crippen LogP contribution in [0.5, 0.6) is 5.75 Å². The summed E-state index contributed by atoms with van der Waals surface area (Å²) in [4.78, 5) is 9.06. The van der Waals surface area contributed by atoms with E-state index in [0.717, 1.165) is 53.3 Å². The number of aromatic nitrogens is 1. The van der Waals surface area contributed by atoms with Crippen LogP contribution in [0.1, 0.15) is 29.7 Å². The van der Waals surface area contributed by atoms with Crippen molar-refractivity contribution in [3.63, 3.8) is 0 Å². The van der Waals surface area contributed by atoms with Crippen molar-refractivity contribution in [2.45, 2.75) is 25.7 Å². The predicted octanol–water partition coefficient (Wildman–Crippen LogP) is 5.97. The molecule has 4 nitrogen and oxygen atoms in total. The molecule has 1 N–H and O–H groups in total. The summed E-state index contributed by atoms with van der Waals surface area (Å²) < 4.78 is 6.02. The molecule has 0 atom stereocenters. The number of fused-ring (bicyclic) bond motifs is 4. The zero-order valence-electron chi connectivity index (χ0n) is 14.6. The molecule has 0 unspecified atom stereocenters. The van der Waals surface area contributed by atoms with Gasteiger partial charge in [0.2, 0.25) is 0 Å². The molecule has 0 aliphatic heterocycles. The maximum atomic E-state index is 10.5. The van der Waals surface area contributed by atoms with Crippen LogP contribution >= 0.6 is 11.6 Å². The van der Waals surface area contributed by atoms with E-state index in [-0.39, 0.29) is 5.75 Å². The Balaban J connectivity index is 1.68. The zero-order valence-corrected chi connectivity index (χ0v) is 15.3. The molecule has 0 radical (unpaired) electrons. The van der Waals surface area contributed by atoms with E-state index in [1.54, 1.807) is 18.5 Å². The smallest absolute Gasteiger partial charge is 0.135 e. The van der Waals surface area contributed by atoms with Crippen LogP contribution in [0.4, 0.5) is 5.69 Å². The summed E-state index contributed by atoms with van der Waals surface area (Å²) in [6.07, 6.45) is 7.64. The molecule has 5 rings (SSSR count). The molecule has 0 saturated carbocycles. The number of aryl methyl sites for hydroxylation is 2. The van der Waals surface area contributed by atoms with Crippen molar-refractivity contribution >= 4 is 45.4 Å². The summed E-state index contributed by atoms with van der Waals surface area (Å²) in [5.74, 6) is 1.24. The molecular weight excluding hydrogens is 360 g/mol. The molecule has 0 amide bonds. The maximum Gasteiger partial charge on any atom is 0.135 e. The number of phenols is 1. The largest absolute Gasteiger partial charge is 0.507 e. The van der Waals surface area contributed by atoms with Gasteiger partial charge in [0.05, 0.1) is 16.2 Å². The number of aliphatic imine (C=N–C) groups is 1. The Bertz CT molecular complexity index is 1210. The average molecular weight is 377 g/mol. The molecule has 4 aromatic rings. The first kappa shape index (κ1) is 16.3. The van der Waals surface area contributed by atoms with Gasteiger partial charge in [-0.1, -0.05) is 11.6 Å². The van der Waals surface area contributed by atoms with Gasteiger partial charge in [-0.25, -0.2) is 0 Å². The van der Waals surface area contributed by atoms with Gasteiger partial charge in [0.15, 0.2) is 0 Å². The lowest BCUT2D eigenvalue weighted by Gasteiger charge is -2.10. The van der Waals surface area contributed by atoms with Crippen LogP contribution in [0.2, 0.25) is 5.02 Å². The highest BCUT2D eigenvalue weighted by Crippen LogP contribution is 2.37. The van der Waals surface area contributed by atoms with E-state index >= 15 is 0 Å². The molecule has 0 spiro atoms. The Morgan fingerprint density at radius 2 is 2.00 bits per heavy atom. The summed E-state index contributed by atoms with van der Waals surface area (Å²) in [6, 6.07) is 10.9. The average Bonchev–Trinajstić information content (AvgIpc) is 3.08. The Hall–Kier alpha value is -2.85. The van der Waals surface area contributed by atoms with Crippen LogP contribution < -0.4 is 0 Å². The third-order valence-corrected chi connectivity index (χ3v) is 5.49. The molecule has 27 heavy (non-hydrogen) atoms. The molecule has 0 fully saturated rings. The number of pyridine rings is 1. The van der Waals surface area contributed by atoms with E-state index in [1.807, 2.05) is 30.3 Å². The van der Waals surface area contributed by atoms with E-state index in [1.165, 1.54) is 5.56 Å². The minimum atomic E-state index is 0.201. The quantitative estimate of drug-likeness (QED) is 0.438. The van der Waals surface area contributed by atoms with Gasteiger partial charge in [0.25, 0.3) is 0 Å². The number of aromatic hydroxyl groups is 1. The van der Waals surface area contributed by atoms with Gasteiger partial charge in [-0.3, -0.25) is 9.98 Å². The Kier molecular flexibility index (Phi) is 3.87. The van der Waals surface area contributed by atoms with Gasteiger partial charge in [0, 0.05) is 40.7 Å². The maximum absolute atomic E-state index is 10.5. The second kappa shape index (κ2) is 6.39. The summed E-state index contributed by atoms with van der Waals surface area (Å²) >= 11 is 6.27. The Morgan fingerprint density at radius 3 is 2.93 bits per heavy atom. The van der Waals surface area contributed by atoms with E-state index in [4.69, 9.17) is 16.0 Å². The van der Waals surface area contributed by atoms with E-state index in [9.17, 15) is 5.11 Å². The van der Waals surface area contributed by atoms with Crippen LogP contribution in [-0.2, 0) is 12.8 Å². The first-order valence-electron chi connectivity index (χ1n) is 9.06. The van der Waals surface area contributed by atoms with Gasteiger partial charge in [-0.05, 0) is 55.7 Å². The molecule has 134 valence electrons. The van der Waals surface area contributed by atoms with Crippen molar-refractivity contribution in [3.8, 4) is 5.75 Å². The second-order valence-corrected chi connectivity index (χ2v) is 7.21. The predicted molar refractivity (Wildman–Crippen MR) is 109 cm³/mol. The molecule has 2 aromatic carbocycles. The lowest BCUT2D eigenvalue weighted by Crippen LogP contribution is -1.99. The van der Waals surface area contributed by atoms with Gasteiger partial charge in [-0.2, -0.15) is 0 Å². The summed E-state index contributed by atoms with van der Waals surface area (Å²) in [7, 11) is 0. The second-order valence-electron chi connectivity index (χ2n) is 6.81. The molecular formula is C22H17ClN2O2. The van der Waals surface area contributed by atoms with Crippen LogP contribution in [0.3, 0.4) is 0 Å². The lowest BCUT2D eigenvalue weighted by atomic mass is 9.94. The number of phenolic OH excluding ortho intramolecular Hbond substituents is 1. The minimum Gasteiger partial charge on any atom is -0.507 e. The fraction of sp³-hybridized carbons (Fsp3) is 0.182. The summed E-state index contributed by atoms with van der Waals surface area (Å²) in [5.41, 5.74) is 4.15. The fourth-order valence-corrected chi connectivity index (χ4v) is 4.08. The topological polar surface area (TPSA) is 58.6 Å². The first-order chi connectivity index (χ1) is 13.2. The van der Waals surface area contributed by atoms with Crippen LogP contribution in [0, 0.1) is 0 Å². The van der Waals surface area contributed by atoms with E-state index < -0.39 is 0 Å². The summed E-state index contributed by atoms with van der Waals surface area (Å²) in [5, 5.41) is 13.0. The number of benzene rings is 2. The third-order valence-electron chi connectivity index (χ3n) is 5.16. The van der Waals surface area contributed by atoms with Crippen molar-refractivity contribution in [1.82, 2.24) is 4.98 Å². The highest BCUT2D eigenvalue weighted by Gasteiger charge is 2.21. The standard InChI is InChI=1S/C22H17ClN2O2/c23-16-7-8-17(22-13(16)5-3-11-24-22)25-12-15-18(26)9-10-20-21(15)14-4-1-2-6-19(14)27-20/h3,5,7-12,26H,1-2,4,6H2. The minimum absolute atomic E-state index is 0.201. The summed E-state index contributed by atoms with van der Waals surface area (Å²) in [6.45, 7) is 0. The molecule has 2 aromatic heterocycles. The molecule has 0 saturated heterocycles. The first-order valence-corrected chi connectivity index (χ1v) is 9.43. The van der Waals surface area contributed by atoms with E-state index in [0.29, 0.717) is 16.3 Å². The van der Waals surface area contributed by atoms with Gasteiger partial charge in [-0.15, -0.1) is 0 Å². The number of hydrogen-bond acceptors (Lipinski definition) is 4. The number of nitrogens with zero attached hydrogens (tertiary/aromatic N) is 2. The van der Waals surface area contributed by atoms with Crippen molar-refractivity contribution in [3.05, 3.63) is 64.5 Å². The molecule has 1 aliphatic rings. The molecule has 5 heteroatoms. The number of rotatable bonds is 2. The van der Waals surface area contributed by atoms with Crippen LogP contribution in [-0.4, -0.2) is 16.3 Å². The number of hydrogen-bond donors (Lipinski definition) is 1. The lowest BCUT2D eigenvalue weighted by molar-refractivity contribution is 0.474.